The lowest BCUT2D eigenvalue weighted by Crippen LogP contribution is -2.28. The fourth-order valence-electron chi connectivity index (χ4n) is 2.09. The van der Waals surface area contributed by atoms with Gasteiger partial charge in [0.2, 0.25) is 5.91 Å². The summed E-state index contributed by atoms with van der Waals surface area (Å²) in [6.45, 7) is 6.91. The maximum Gasteiger partial charge on any atom is 0.220 e. The van der Waals surface area contributed by atoms with E-state index in [0.29, 0.717) is 6.42 Å². The molecule has 0 aliphatic heterocycles. The first-order chi connectivity index (χ1) is 10.1. The Bertz CT molecular complexity index is 557. The van der Waals surface area contributed by atoms with E-state index >= 15 is 0 Å². The van der Waals surface area contributed by atoms with E-state index in [1.165, 1.54) is 4.88 Å². The quantitative estimate of drug-likeness (QED) is 0.855. The molecule has 0 saturated heterocycles. The molecule has 0 aliphatic rings. The van der Waals surface area contributed by atoms with Crippen LogP contribution >= 0.6 is 11.3 Å². The Balaban J connectivity index is 1.82. The largest absolute Gasteiger partial charge is 0.347 e. The van der Waals surface area contributed by atoms with Crippen LogP contribution in [-0.2, 0) is 11.3 Å². The highest BCUT2D eigenvalue weighted by Gasteiger charge is 2.17. The van der Waals surface area contributed by atoms with Crippen molar-refractivity contribution in [1.82, 2.24) is 20.1 Å². The van der Waals surface area contributed by atoms with Crippen molar-refractivity contribution in [3.8, 4) is 0 Å². The zero-order chi connectivity index (χ0) is 15.2. The van der Waals surface area contributed by atoms with Crippen molar-refractivity contribution in [2.24, 2.45) is 0 Å². The molecule has 0 aromatic carbocycles. The zero-order valence-electron chi connectivity index (χ0n) is 12.8. The van der Waals surface area contributed by atoms with Gasteiger partial charge in [0, 0.05) is 30.2 Å². The highest BCUT2D eigenvalue weighted by atomic mass is 32.1. The maximum atomic E-state index is 12.0. The van der Waals surface area contributed by atoms with Crippen LogP contribution in [0.1, 0.15) is 47.8 Å². The molecule has 0 unspecified atom stereocenters. The van der Waals surface area contributed by atoms with Crippen molar-refractivity contribution in [3.05, 3.63) is 34.0 Å². The molecule has 0 fully saturated rings. The summed E-state index contributed by atoms with van der Waals surface area (Å²) >= 11 is 1.67. The molecule has 0 radical (unpaired) electrons. The molecule has 6 heteroatoms. The van der Waals surface area contributed by atoms with E-state index in [2.05, 4.69) is 29.2 Å². The molecular formula is C15H22N4OS. The third-order valence-corrected chi connectivity index (χ3v) is 4.62. The lowest BCUT2D eigenvalue weighted by Gasteiger charge is -2.14. The van der Waals surface area contributed by atoms with E-state index in [-0.39, 0.29) is 11.9 Å². The van der Waals surface area contributed by atoms with Gasteiger partial charge in [-0.1, -0.05) is 6.92 Å². The Kier molecular flexibility index (Phi) is 5.50. The van der Waals surface area contributed by atoms with Crippen molar-refractivity contribution in [3.63, 3.8) is 0 Å². The molecule has 0 spiro atoms. The van der Waals surface area contributed by atoms with Gasteiger partial charge in [-0.05, 0) is 32.8 Å². The molecule has 1 atom stereocenters. The minimum atomic E-state index is 0.0274. The Morgan fingerprint density at radius 2 is 2.29 bits per heavy atom. The zero-order valence-corrected chi connectivity index (χ0v) is 13.6. The topological polar surface area (TPSA) is 59.8 Å². The summed E-state index contributed by atoms with van der Waals surface area (Å²) in [5.74, 6) is 0.0829. The fraction of sp³-hybridized carbons (Fsp3) is 0.533. The number of rotatable bonds is 7. The molecule has 0 aliphatic carbocycles. The highest BCUT2D eigenvalue weighted by Crippen LogP contribution is 2.24. The van der Waals surface area contributed by atoms with Crippen molar-refractivity contribution < 1.29 is 4.79 Å². The first kappa shape index (κ1) is 15.7. The van der Waals surface area contributed by atoms with Crippen molar-refractivity contribution >= 4 is 17.2 Å². The van der Waals surface area contributed by atoms with Gasteiger partial charge in [-0.25, -0.2) is 4.98 Å². The Morgan fingerprint density at radius 1 is 1.48 bits per heavy atom. The average molecular weight is 306 g/mol. The molecule has 1 N–H and O–H groups in total. The lowest BCUT2D eigenvalue weighted by molar-refractivity contribution is -0.122. The van der Waals surface area contributed by atoms with Gasteiger partial charge < -0.3 is 5.32 Å². The Hall–Kier alpha value is -1.69. The number of carbonyl (C=O) groups is 1. The number of hydrogen-bond acceptors (Lipinski definition) is 4. The van der Waals surface area contributed by atoms with Gasteiger partial charge in [-0.15, -0.1) is 11.3 Å². The first-order valence-corrected chi connectivity index (χ1v) is 8.12. The number of nitrogens with one attached hydrogen (secondary N) is 1. The summed E-state index contributed by atoms with van der Waals surface area (Å²) in [5, 5.41) is 8.22. The molecular weight excluding hydrogens is 284 g/mol. The summed E-state index contributed by atoms with van der Waals surface area (Å²) in [6, 6.07) is 1.92. The molecule has 2 aromatic rings. The number of aromatic nitrogens is 3. The number of amides is 1. The van der Waals surface area contributed by atoms with Crippen molar-refractivity contribution in [2.75, 3.05) is 0 Å². The molecule has 2 heterocycles. The summed E-state index contributed by atoms with van der Waals surface area (Å²) in [5.41, 5.74) is 1.06. The molecule has 114 valence electrons. The molecule has 5 nitrogen and oxygen atoms in total. The van der Waals surface area contributed by atoms with E-state index < -0.39 is 0 Å². The standard InChI is InChI=1S/C15H22N4OS/c1-4-13(15-17-11(2)12(3)21-15)18-14(20)7-5-9-19-10-6-8-16-19/h6,8,10,13H,4-5,7,9H2,1-3H3,(H,18,20)/t13-/m1/s1. The monoisotopic (exact) mass is 306 g/mol. The van der Waals surface area contributed by atoms with Crippen molar-refractivity contribution in [2.45, 2.75) is 52.6 Å². The second kappa shape index (κ2) is 7.36. The molecule has 0 bridgehead atoms. The summed E-state index contributed by atoms with van der Waals surface area (Å²) < 4.78 is 1.85. The molecule has 2 rings (SSSR count). The van der Waals surface area contributed by atoms with Gasteiger partial charge in [0.1, 0.15) is 5.01 Å². The second-order valence-electron chi connectivity index (χ2n) is 5.09. The van der Waals surface area contributed by atoms with Crippen LogP contribution in [0.5, 0.6) is 0 Å². The second-order valence-corrected chi connectivity index (χ2v) is 6.33. The third kappa shape index (κ3) is 4.39. The van der Waals surface area contributed by atoms with Crippen LogP contribution in [0.3, 0.4) is 0 Å². The van der Waals surface area contributed by atoms with Crippen LogP contribution < -0.4 is 5.32 Å². The SMILES string of the molecule is CC[C@@H](NC(=O)CCCn1cccn1)c1nc(C)c(C)s1. The Labute approximate surface area is 129 Å². The predicted octanol–water partition coefficient (Wildman–Crippen LogP) is 3.00. The van der Waals surface area contributed by atoms with Crippen LogP contribution in [0.15, 0.2) is 18.5 Å². The maximum absolute atomic E-state index is 12.0. The smallest absolute Gasteiger partial charge is 0.220 e. The highest BCUT2D eigenvalue weighted by molar-refractivity contribution is 7.11. The summed E-state index contributed by atoms with van der Waals surface area (Å²) in [7, 11) is 0. The van der Waals surface area contributed by atoms with E-state index in [1.807, 2.05) is 23.9 Å². The third-order valence-electron chi connectivity index (χ3n) is 3.44. The number of thiazole rings is 1. The van der Waals surface area contributed by atoms with Crippen LogP contribution in [0.4, 0.5) is 0 Å². The van der Waals surface area contributed by atoms with Gasteiger partial charge in [0.05, 0.1) is 11.7 Å². The minimum absolute atomic E-state index is 0.0274. The molecule has 0 saturated carbocycles. The average Bonchev–Trinajstić information content (AvgIpc) is 3.07. The normalized spacial score (nSPS) is 12.3. The molecule has 1 amide bonds. The van der Waals surface area contributed by atoms with Gasteiger partial charge in [-0.2, -0.15) is 5.10 Å². The minimum Gasteiger partial charge on any atom is -0.347 e. The number of aryl methyl sites for hydroxylation is 3. The van der Waals surface area contributed by atoms with E-state index in [1.54, 1.807) is 17.5 Å². The summed E-state index contributed by atoms with van der Waals surface area (Å²) in [6.07, 6.45) is 5.82. The van der Waals surface area contributed by atoms with Crippen molar-refractivity contribution in [1.29, 1.82) is 0 Å². The Morgan fingerprint density at radius 3 is 2.86 bits per heavy atom. The van der Waals surface area contributed by atoms with Gasteiger partial charge in [0.25, 0.3) is 0 Å². The van der Waals surface area contributed by atoms with E-state index in [4.69, 9.17) is 0 Å². The van der Waals surface area contributed by atoms with Gasteiger partial charge >= 0.3 is 0 Å². The predicted molar refractivity (Wildman–Crippen MR) is 84.2 cm³/mol. The van der Waals surface area contributed by atoms with Crippen LogP contribution in [0.25, 0.3) is 0 Å². The molecule has 2 aromatic heterocycles. The van der Waals surface area contributed by atoms with E-state index in [9.17, 15) is 4.79 Å². The summed E-state index contributed by atoms with van der Waals surface area (Å²) in [4.78, 5) is 17.8. The number of hydrogen-bond donors (Lipinski definition) is 1. The van der Waals surface area contributed by atoms with Crippen LogP contribution in [-0.4, -0.2) is 20.7 Å². The number of nitrogens with zero attached hydrogens (tertiary/aromatic N) is 3. The van der Waals surface area contributed by atoms with E-state index in [0.717, 1.165) is 30.1 Å². The van der Waals surface area contributed by atoms with Gasteiger partial charge in [0.15, 0.2) is 0 Å². The van der Waals surface area contributed by atoms with Crippen LogP contribution in [0.2, 0.25) is 0 Å². The fourth-order valence-corrected chi connectivity index (χ4v) is 3.14. The first-order valence-electron chi connectivity index (χ1n) is 7.31. The lowest BCUT2D eigenvalue weighted by atomic mass is 10.2. The van der Waals surface area contributed by atoms with Gasteiger partial charge in [-0.3, -0.25) is 9.48 Å². The van der Waals surface area contributed by atoms with Crippen LogP contribution in [0, 0.1) is 13.8 Å². The molecule has 21 heavy (non-hydrogen) atoms. The number of carbonyl (C=O) groups excluding carboxylic acids is 1.